The number of aromatic hydroxyl groups is 2. The van der Waals surface area contributed by atoms with Crippen LogP contribution in [0.5, 0.6) is 17.2 Å². The predicted octanol–water partition coefficient (Wildman–Crippen LogP) is 3.91. The number of ether oxygens (including phenoxy) is 1. The molecule has 2 aromatic rings. The molecule has 0 amide bonds. The van der Waals surface area contributed by atoms with Gasteiger partial charge in [0, 0.05) is 19.0 Å². The molecule has 1 aliphatic heterocycles. The summed E-state index contributed by atoms with van der Waals surface area (Å²) in [5, 5.41) is 20.9. The van der Waals surface area contributed by atoms with Crippen LogP contribution in [0.3, 0.4) is 0 Å². The number of nitrogens with zero attached hydrogens (tertiary/aromatic N) is 1. The fraction of sp³-hybridized carbons (Fsp3) is 0.409. The van der Waals surface area contributed by atoms with Crippen LogP contribution in [0.4, 0.5) is 0 Å². The van der Waals surface area contributed by atoms with Gasteiger partial charge in [-0.15, -0.1) is 0 Å². The highest BCUT2D eigenvalue weighted by Crippen LogP contribution is 2.34. The molecule has 0 radical (unpaired) electrons. The highest BCUT2D eigenvalue weighted by atomic mass is 16.5. The first-order valence-corrected chi connectivity index (χ1v) is 9.43. The summed E-state index contributed by atoms with van der Waals surface area (Å²) in [5.74, 6) is 0.486. The van der Waals surface area contributed by atoms with E-state index in [1.165, 1.54) is 18.6 Å². The number of rotatable bonds is 6. The molecule has 1 atom stereocenters. The number of phenolic OH excluding ortho intramolecular Hbond substituents is 2. The maximum absolute atomic E-state index is 12.7. The molecular formula is C22H27NO4. The molecule has 2 aromatic carbocycles. The van der Waals surface area contributed by atoms with Crippen molar-refractivity contribution in [2.45, 2.75) is 45.2 Å². The molecule has 0 saturated carbocycles. The van der Waals surface area contributed by atoms with Crippen molar-refractivity contribution in [3.8, 4) is 17.2 Å². The molecule has 144 valence electrons. The van der Waals surface area contributed by atoms with Crippen molar-refractivity contribution >= 4 is 5.78 Å². The van der Waals surface area contributed by atoms with Gasteiger partial charge in [-0.25, -0.2) is 0 Å². The number of hydrogen-bond donors (Lipinski definition) is 2. The van der Waals surface area contributed by atoms with Gasteiger partial charge >= 0.3 is 0 Å². The quantitative estimate of drug-likeness (QED) is 0.756. The molecule has 5 heteroatoms. The predicted molar refractivity (Wildman–Crippen MR) is 105 cm³/mol. The number of hydrogen-bond acceptors (Lipinski definition) is 5. The summed E-state index contributed by atoms with van der Waals surface area (Å²) >= 11 is 0. The summed E-state index contributed by atoms with van der Waals surface area (Å²) in [4.78, 5) is 15.0. The molecule has 5 nitrogen and oxygen atoms in total. The summed E-state index contributed by atoms with van der Waals surface area (Å²) in [5.41, 5.74) is 1.53. The molecule has 0 aliphatic carbocycles. The minimum absolute atomic E-state index is 0.0336. The lowest BCUT2D eigenvalue weighted by atomic mass is 9.97. The number of benzene rings is 2. The Kier molecular flexibility index (Phi) is 6.01. The second-order valence-electron chi connectivity index (χ2n) is 7.22. The van der Waals surface area contributed by atoms with Crippen molar-refractivity contribution in [1.29, 1.82) is 0 Å². The Hall–Kier alpha value is -2.53. The first-order valence-electron chi connectivity index (χ1n) is 9.43. The largest absolute Gasteiger partial charge is 0.507 e. The van der Waals surface area contributed by atoms with E-state index >= 15 is 0 Å². The van der Waals surface area contributed by atoms with E-state index in [1.807, 2.05) is 24.3 Å². The van der Waals surface area contributed by atoms with Crippen LogP contribution in [0.1, 0.15) is 47.7 Å². The Morgan fingerprint density at radius 2 is 1.89 bits per heavy atom. The number of Topliss-reactive ketones (excluding diaryl/α,β-unsaturated/α-hetero) is 1. The normalized spacial score (nSPS) is 17.6. The van der Waals surface area contributed by atoms with Crippen molar-refractivity contribution in [3.63, 3.8) is 0 Å². The third kappa shape index (κ3) is 4.42. The summed E-state index contributed by atoms with van der Waals surface area (Å²) < 4.78 is 5.13. The lowest BCUT2D eigenvalue weighted by Gasteiger charge is -2.33. The van der Waals surface area contributed by atoms with Crippen LogP contribution in [-0.2, 0) is 13.0 Å². The van der Waals surface area contributed by atoms with Crippen LogP contribution in [0.25, 0.3) is 0 Å². The number of piperidine rings is 1. The van der Waals surface area contributed by atoms with Gasteiger partial charge < -0.3 is 14.9 Å². The van der Waals surface area contributed by atoms with Gasteiger partial charge in [0.2, 0.25) is 0 Å². The second-order valence-corrected chi connectivity index (χ2v) is 7.22. The maximum Gasteiger partial charge on any atom is 0.170 e. The first-order chi connectivity index (χ1) is 13.0. The number of carbonyl (C=O) groups excluding carboxylic acids is 1. The molecule has 0 spiro atoms. The van der Waals surface area contributed by atoms with Crippen LogP contribution in [-0.4, -0.2) is 40.6 Å². The van der Waals surface area contributed by atoms with E-state index in [0.29, 0.717) is 18.2 Å². The van der Waals surface area contributed by atoms with E-state index in [0.717, 1.165) is 30.7 Å². The summed E-state index contributed by atoms with van der Waals surface area (Å²) in [6.45, 7) is 3.54. The fourth-order valence-corrected chi connectivity index (χ4v) is 3.63. The van der Waals surface area contributed by atoms with E-state index in [9.17, 15) is 15.0 Å². The number of methoxy groups -OCH3 is 1. The van der Waals surface area contributed by atoms with Gasteiger partial charge in [0.1, 0.15) is 17.2 Å². The molecule has 3 rings (SSSR count). The van der Waals surface area contributed by atoms with Crippen LogP contribution in [0, 0.1) is 0 Å². The van der Waals surface area contributed by atoms with Gasteiger partial charge in [0.25, 0.3) is 0 Å². The first kappa shape index (κ1) is 19.2. The van der Waals surface area contributed by atoms with Crippen LogP contribution in [0.15, 0.2) is 36.4 Å². The Bertz CT molecular complexity index is 801. The highest BCUT2D eigenvalue weighted by molar-refractivity contribution is 6.00. The summed E-state index contributed by atoms with van der Waals surface area (Å²) in [6, 6.07) is 10.7. The average Bonchev–Trinajstić information content (AvgIpc) is 2.67. The topological polar surface area (TPSA) is 70.0 Å². The van der Waals surface area contributed by atoms with E-state index in [-0.39, 0.29) is 29.3 Å². The smallest absolute Gasteiger partial charge is 0.170 e. The monoisotopic (exact) mass is 369 g/mol. The Balaban J connectivity index is 1.79. The van der Waals surface area contributed by atoms with Crippen LogP contribution < -0.4 is 4.74 Å². The van der Waals surface area contributed by atoms with Crippen LogP contribution in [0.2, 0.25) is 0 Å². The van der Waals surface area contributed by atoms with Gasteiger partial charge in [-0.1, -0.05) is 18.6 Å². The van der Waals surface area contributed by atoms with Crippen molar-refractivity contribution in [1.82, 2.24) is 4.90 Å². The molecule has 2 N–H and O–H groups in total. The second kappa shape index (κ2) is 8.44. The summed E-state index contributed by atoms with van der Waals surface area (Å²) in [6.07, 6.45) is 3.61. The lowest BCUT2D eigenvalue weighted by molar-refractivity contribution is 0.0989. The van der Waals surface area contributed by atoms with Crippen molar-refractivity contribution in [2.75, 3.05) is 13.7 Å². The number of phenols is 2. The highest BCUT2D eigenvalue weighted by Gasteiger charge is 2.23. The Labute approximate surface area is 160 Å². The zero-order valence-electron chi connectivity index (χ0n) is 15.9. The Morgan fingerprint density at radius 3 is 2.56 bits per heavy atom. The maximum atomic E-state index is 12.7. The van der Waals surface area contributed by atoms with E-state index in [1.54, 1.807) is 7.11 Å². The lowest BCUT2D eigenvalue weighted by Crippen LogP contribution is -2.36. The molecule has 27 heavy (non-hydrogen) atoms. The third-order valence-corrected chi connectivity index (χ3v) is 5.38. The number of likely N-dealkylation sites (tertiary alicyclic amines) is 1. The fourth-order valence-electron chi connectivity index (χ4n) is 3.63. The van der Waals surface area contributed by atoms with E-state index in [4.69, 9.17) is 4.74 Å². The zero-order chi connectivity index (χ0) is 19.4. The average molecular weight is 369 g/mol. The minimum Gasteiger partial charge on any atom is -0.507 e. The molecular weight excluding hydrogens is 342 g/mol. The molecule has 1 fully saturated rings. The van der Waals surface area contributed by atoms with Gasteiger partial charge in [-0.3, -0.25) is 9.69 Å². The molecule has 0 bridgehead atoms. The van der Waals surface area contributed by atoms with E-state index in [2.05, 4.69) is 11.8 Å². The summed E-state index contributed by atoms with van der Waals surface area (Å²) in [7, 11) is 1.60. The SMILES string of the molecule is COc1ccc(CC(=O)c2ccc(O)c(CN3CCCC[C@@H]3C)c2O)cc1. The van der Waals surface area contributed by atoms with Crippen molar-refractivity contribution in [3.05, 3.63) is 53.1 Å². The number of carbonyl (C=O) groups is 1. The molecule has 1 saturated heterocycles. The van der Waals surface area contributed by atoms with Crippen molar-refractivity contribution < 1.29 is 19.7 Å². The molecule has 0 unspecified atom stereocenters. The number of ketones is 1. The van der Waals surface area contributed by atoms with Gasteiger partial charge in [0.05, 0.1) is 18.2 Å². The molecule has 1 aliphatic rings. The standard InChI is InChI=1S/C22H27NO4/c1-15-5-3-4-12-23(15)14-19-20(24)11-10-18(22(19)26)21(25)13-16-6-8-17(27-2)9-7-16/h6-11,15,24,26H,3-5,12-14H2,1-2H3/t15-/m0/s1. The van der Waals surface area contributed by atoms with Gasteiger partial charge in [-0.05, 0) is 56.1 Å². The van der Waals surface area contributed by atoms with Gasteiger partial charge in [0.15, 0.2) is 5.78 Å². The Morgan fingerprint density at radius 1 is 1.15 bits per heavy atom. The third-order valence-electron chi connectivity index (χ3n) is 5.38. The molecule has 0 aromatic heterocycles. The van der Waals surface area contributed by atoms with Gasteiger partial charge in [-0.2, -0.15) is 0 Å². The van der Waals surface area contributed by atoms with E-state index < -0.39 is 0 Å². The molecule has 1 heterocycles. The minimum atomic E-state index is -0.175. The van der Waals surface area contributed by atoms with Crippen LogP contribution >= 0.6 is 0 Å². The van der Waals surface area contributed by atoms with Crippen molar-refractivity contribution in [2.24, 2.45) is 0 Å². The zero-order valence-corrected chi connectivity index (χ0v) is 15.9.